The van der Waals surface area contributed by atoms with Gasteiger partial charge in [-0.15, -0.1) is 5.76 Å². The number of allylic oxidation sites excluding steroid dienone is 6. The molecular weight excluding hydrogens is 368 g/mol. The van der Waals surface area contributed by atoms with Crippen molar-refractivity contribution in [1.82, 2.24) is 0 Å². The van der Waals surface area contributed by atoms with Gasteiger partial charge in [-0.25, -0.2) is 12.1 Å². The molecule has 26 heavy (non-hydrogen) atoms. The molecule has 144 valence electrons. The van der Waals surface area contributed by atoms with E-state index in [1.54, 1.807) is 0 Å². The molecule has 1 aliphatic carbocycles. The molecule has 0 saturated heterocycles. The van der Waals surface area contributed by atoms with Crippen LogP contribution in [-0.4, -0.2) is 11.1 Å². The number of rotatable bonds is 9. The van der Waals surface area contributed by atoms with Crippen molar-refractivity contribution in [3.05, 3.63) is 65.0 Å². The van der Waals surface area contributed by atoms with Crippen LogP contribution in [-0.2, 0) is 21.9 Å². The molecule has 1 aromatic carbocycles. The minimum Gasteiger partial charge on any atom is -0.875 e. The van der Waals surface area contributed by atoms with Crippen LogP contribution in [0.5, 0.6) is 0 Å². The number of carboxylic acid groups (broad SMARTS) is 1. The first-order valence-corrected chi connectivity index (χ1v) is 9.16. The maximum atomic E-state index is 11.9. The molecule has 0 amide bonds. The summed E-state index contributed by atoms with van der Waals surface area (Å²) in [6.07, 6.45) is 12.6. The molecule has 0 unspecified atom stereocenters. The van der Waals surface area contributed by atoms with E-state index in [4.69, 9.17) is 5.11 Å². The van der Waals surface area contributed by atoms with Crippen LogP contribution < -0.4 is 5.11 Å². The van der Waals surface area contributed by atoms with E-state index in [0.29, 0.717) is 6.42 Å². The van der Waals surface area contributed by atoms with Crippen LogP contribution in [0.4, 0.5) is 0 Å². The fourth-order valence-corrected chi connectivity index (χ4v) is 2.70. The van der Waals surface area contributed by atoms with Crippen molar-refractivity contribution in [2.45, 2.75) is 65.2 Å². The van der Waals surface area contributed by atoms with Crippen molar-refractivity contribution in [1.29, 1.82) is 0 Å². The number of aliphatic carboxylic acids is 1. The van der Waals surface area contributed by atoms with Gasteiger partial charge in [0, 0.05) is 6.42 Å². The molecule has 2 rings (SSSR count). The number of carbonyl (C=O) groups is 1. The van der Waals surface area contributed by atoms with Gasteiger partial charge in [-0.05, 0) is 30.9 Å². The SMILES string of the molecule is CC1=CC=CC1=C([O-])CCCCCCCCC(=O)O.Cc1ccc[cH-]1.[Fe+2]. The second-order valence-electron chi connectivity index (χ2n) is 6.52. The molecule has 0 fully saturated rings. The Bertz CT molecular complexity index is 595. The monoisotopic (exact) mass is 398 g/mol. The van der Waals surface area contributed by atoms with Crippen molar-refractivity contribution in [2.75, 3.05) is 0 Å². The van der Waals surface area contributed by atoms with Gasteiger partial charge in [0.15, 0.2) is 0 Å². The summed E-state index contributed by atoms with van der Waals surface area (Å²) in [6, 6.07) is 8.24. The number of carboxylic acids is 1. The Morgan fingerprint density at radius 3 is 2.12 bits per heavy atom. The van der Waals surface area contributed by atoms with Gasteiger partial charge in [-0.3, -0.25) is 4.79 Å². The van der Waals surface area contributed by atoms with Crippen LogP contribution in [0.25, 0.3) is 0 Å². The molecule has 0 bridgehead atoms. The molecule has 0 saturated carbocycles. The first-order valence-electron chi connectivity index (χ1n) is 9.16. The fourth-order valence-electron chi connectivity index (χ4n) is 2.70. The first kappa shape index (κ1) is 24.4. The van der Waals surface area contributed by atoms with Gasteiger partial charge >= 0.3 is 23.0 Å². The summed E-state index contributed by atoms with van der Waals surface area (Å²) in [6.45, 7) is 4.05. The number of hydrogen-bond acceptors (Lipinski definition) is 2. The first-order chi connectivity index (χ1) is 12.0. The van der Waals surface area contributed by atoms with Gasteiger partial charge in [0.05, 0.1) is 0 Å². The van der Waals surface area contributed by atoms with Crippen molar-refractivity contribution < 1.29 is 32.1 Å². The molecule has 1 aromatic rings. The average Bonchev–Trinajstić information content (AvgIpc) is 3.21. The number of aryl methyl sites for hydroxylation is 1. The molecule has 4 heteroatoms. The van der Waals surface area contributed by atoms with Crippen molar-refractivity contribution in [3.8, 4) is 0 Å². The van der Waals surface area contributed by atoms with E-state index in [2.05, 4.69) is 19.1 Å². The summed E-state index contributed by atoms with van der Waals surface area (Å²) in [5.41, 5.74) is 3.27. The molecule has 3 nitrogen and oxygen atoms in total. The third kappa shape index (κ3) is 11.1. The summed E-state index contributed by atoms with van der Waals surface area (Å²) in [5, 5.41) is 20.4. The summed E-state index contributed by atoms with van der Waals surface area (Å²) < 4.78 is 0. The smallest absolute Gasteiger partial charge is 0.875 e. The second kappa shape index (κ2) is 14.5. The Kier molecular flexibility index (Phi) is 13.6. The molecule has 1 aliphatic rings. The minimum atomic E-state index is -0.712. The van der Waals surface area contributed by atoms with E-state index in [1.165, 1.54) is 5.56 Å². The molecule has 0 heterocycles. The maximum Gasteiger partial charge on any atom is 2.00 e. The Hall–Kier alpha value is -1.64. The molecule has 0 aliphatic heterocycles. The molecule has 0 spiro atoms. The molecule has 1 N–H and O–H groups in total. The van der Waals surface area contributed by atoms with E-state index in [1.807, 2.05) is 37.3 Å². The third-order valence-electron chi connectivity index (χ3n) is 4.21. The predicted octanol–water partition coefficient (Wildman–Crippen LogP) is 5.03. The average molecular weight is 398 g/mol. The van der Waals surface area contributed by atoms with Crippen molar-refractivity contribution in [2.24, 2.45) is 0 Å². The predicted molar refractivity (Wildman–Crippen MR) is 101 cm³/mol. The summed E-state index contributed by atoms with van der Waals surface area (Å²) >= 11 is 0. The Morgan fingerprint density at radius 1 is 1.08 bits per heavy atom. The van der Waals surface area contributed by atoms with Crippen molar-refractivity contribution >= 4 is 5.97 Å². The van der Waals surface area contributed by atoms with E-state index >= 15 is 0 Å². The molecule has 0 aromatic heterocycles. The Morgan fingerprint density at radius 2 is 1.69 bits per heavy atom. The molecule has 0 radical (unpaired) electrons. The quantitative estimate of drug-likeness (QED) is 0.275. The standard InChI is InChI=1S/C16H24O3.C6H7.Fe/c1-13-9-8-10-14(13)15(17)11-6-4-2-3-5-7-12-16(18)19;1-6-4-2-3-5-6;/h8-10,17H,2-7,11-12H2,1H3,(H,18,19);2-5H,1H3;/q;-1;+2/p-1. The van der Waals surface area contributed by atoms with Crippen LogP contribution in [0.1, 0.15) is 63.9 Å². The van der Waals surface area contributed by atoms with Crippen LogP contribution in [0.2, 0.25) is 0 Å². The van der Waals surface area contributed by atoms with Gasteiger partial charge in [-0.1, -0.05) is 57.3 Å². The summed E-state index contributed by atoms with van der Waals surface area (Å²) in [7, 11) is 0. The van der Waals surface area contributed by atoms with E-state index < -0.39 is 5.97 Å². The summed E-state index contributed by atoms with van der Waals surface area (Å²) in [5.74, 6) is -0.468. The second-order valence-corrected chi connectivity index (χ2v) is 6.52. The van der Waals surface area contributed by atoms with Gasteiger partial charge in [0.25, 0.3) is 0 Å². The number of hydrogen-bond donors (Lipinski definition) is 1. The minimum absolute atomic E-state index is 0. The fraction of sp³-hybridized carbons (Fsp3) is 0.455. The molecular formula is C22H30FeO3. The molecule has 0 atom stereocenters. The summed E-state index contributed by atoms with van der Waals surface area (Å²) in [4.78, 5) is 10.3. The van der Waals surface area contributed by atoms with E-state index in [9.17, 15) is 9.90 Å². The topological polar surface area (TPSA) is 60.4 Å². The number of unbranched alkanes of at least 4 members (excludes halogenated alkanes) is 5. The normalized spacial score (nSPS) is 14.2. The zero-order valence-corrected chi connectivity index (χ0v) is 16.9. The van der Waals surface area contributed by atoms with Crippen molar-refractivity contribution in [3.63, 3.8) is 0 Å². The van der Waals surface area contributed by atoms with Gasteiger partial charge in [-0.2, -0.15) is 17.7 Å². The largest absolute Gasteiger partial charge is 2.00 e. The Balaban J connectivity index is 0.000000754. The van der Waals surface area contributed by atoms with Gasteiger partial charge in [0.2, 0.25) is 0 Å². The van der Waals surface area contributed by atoms with Crippen LogP contribution in [0, 0.1) is 6.92 Å². The maximum absolute atomic E-state index is 11.9. The third-order valence-corrected chi connectivity index (χ3v) is 4.21. The zero-order chi connectivity index (χ0) is 18.5. The van der Waals surface area contributed by atoms with Crippen LogP contribution in [0.15, 0.2) is 59.4 Å². The van der Waals surface area contributed by atoms with E-state index in [-0.39, 0.29) is 29.2 Å². The van der Waals surface area contributed by atoms with Crippen LogP contribution >= 0.6 is 0 Å². The van der Waals surface area contributed by atoms with Gasteiger partial charge in [0.1, 0.15) is 0 Å². The van der Waals surface area contributed by atoms with Gasteiger partial charge < -0.3 is 10.2 Å². The zero-order valence-electron chi connectivity index (χ0n) is 15.8. The Labute approximate surface area is 168 Å². The van der Waals surface area contributed by atoms with E-state index in [0.717, 1.165) is 49.7 Å². The van der Waals surface area contributed by atoms with Crippen LogP contribution in [0.3, 0.4) is 0 Å².